The number of aryl methyl sites for hydroxylation is 2. The Bertz CT molecular complexity index is 780. The van der Waals surface area contributed by atoms with Gasteiger partial charge in [-0.2, -0.15) is 0 Å². The van der Waals surface area contributed by atoms with Crippen molar-refractivity contribution in [2.75, 3.05) is 0 Å². The molecule has 0 aliphatic heterocycles. The summed E-state index contributed by atoms with van der Waals surface area (Å²) in [7, 11) is 0. The van der Waals surface area contributed by atoms with Crippen molar-refractivity contribution in [2.24, 2.45) is 0 Å². The lowest BCUT2D eigenvalue weighted by molar-refractivity contribution is 0.896. The predicted molar refractivity (Wildman–Crippen MR) is 82.2 cm³/mol. The molecule has 1 aromatic carbocycles. The van der Waals surface area contributed by atoms with Crippen LogP contribution in [-0.2, 0) is 6.42 Å². The molecule has 3 aromatic rings. The first-order valence-electron chi connectivity index (χ1n) is 6.17. The molecule has 0 spiro atoms. The molecule has 2 aromatic heterocycles. The molecule has 0 saturated carbocycles. The molecule has 20 heavy (non-hydrogen) atoms. The monoisotopic (exact) mass is 350 g/mol. The Hall–Kier alpha value is -1.46. The summed E-state index contributed by atoms with van der Waals surface area (Å²) < 4.78 is 3.04. The van der Waals surface area contributed by atoms with E-state index < -0.39 is 0 Å². The molecular formula is C14H12BrClN4. The Labute approximate surface area is 129 Å². The van der Waals surface area contributed by atoms with Gasteiger partial charge in [0.2, 0.25) is 0 Å². The third kappa shape index (κ3) is 2.31. The number of halogens is 2. The first-order valence-corrected chi connectivity index (χ1v) is 7.34. The second kappa shape index (κ2) is 5.14. The van der Waals surface area contributed by atoms with Gasteiger partial charge in [-0.25, -0.2) is 4.98 Å². The van der Waals surface area contributed by atoms with Crippen LogP contribution in [-0.4, -0.2) is 19.6 Å². The summed E-state index contributed by atoms with van der Waals surface area (Å²) in [6.45, 7) is 3.93. The van der Waals surface area contributed by atoms with Crippen molar-refractivity contribution in [3.8, 4) is 0 Å². The molecule has 102 valence electrons. The highest BCUT2D eigenvalue weighted by Gasteiger charge is 2.14. The zero-order valence-corrected chi connectivity index (χ0v) is 13.4. The van der Waals surface area contributed by atoms with Gasteiger partial charge in [-0.05, 0) is 31.5 Å². The number of nitrogens with zero attached hydrogens (tertiary/aromatic N) is 4. The van der Waals surface area contributed by atoms with Gasteiger partial charge in [0.15, 0.2) is 10.8 Å². The van der Waals surface area contributed by atoms with Gasteiger partial charge in [0.1, 0.15) is 5.82 Å². The van der Waals surface area contributed by atoms with Crippen molar-refractivity contribution in [2.45, 2.75) is 20.3 Å². The summed E-state index contributed by atoms with van der Waals surface area (Å²) in [6.07, 6.45) is 0.703. The maximum Gasteiger partial charge on any atom is 0.198 e. The Morgan fingerprint density at radius 1 is 1.15 bits per heavy atom. The molecule has 0 aliphatic rings. The average Bonchev–Trinajstić information content (AvgIpc) is 2.83. The molecule has 0 unspecified atom stereocenters. The van der Waals surface area contributed by atoms with Gasteiger partial charge in [0, 0.05) is 16.6 Å². The highest BCUT2D eigenvalue weighted by atomic mass is 79.9. The zero-order chi connectivity index (χ0) is 14.3. The van der Waals surface area contributed by atoms with Crippen LogP contribution in [0.2, 0.25) is 5.15 Å². The van der Waals surface area contributed by atoms with E-state index in [2.05, 4.69) is 43.2 Å². The van der Waals surface area contributed by atoms with Gasteiger partial charge in [0.05, 0.1) is 5.69 Å². The first kappa shape index (κ1) is 13.5. The highest BCUT2D eigenvalue weighted by Crippen LogP contribution is 2.20. The van der Waals surface area contributed by atoms with Crippen molar-refractivity contribution in [1.82, 2.24) is 19.6 Å². The Morgan fingerprint density at radius 3 is 2.55 bits per heavy atom. The van der Waals surface area contributed by atoms with E-state index in [0.717, 1.165) is 21.7 Å². The minimum atomic E-state index is 0.391. The average molecular weight is 352 g/mol. The summed E-state index contributed by atoms with van der Waals surface area (Å²) in [5, 5.41) is 8.79. The van der Waals surface area contributed by atoms with E-state index in [1.165, 1.54) is 5.56 Å². The van der Waals surface area contributed by atoms with Gasteiger partial charge in [-0.3, -0.25) is 4.40 Å². The van der Waals surface area contributed by atoms with Crippen LogP contribution in [0.5, 0.6) is 0 Å². The lowest BCUT2D eigenvalue weighted by atomic mass is 10.1. The molecule has 6 heteroatoms. The van der Waals surface area contributed by atoms with Crippen LogP contribution in [0.15, 0.2) is 28.7 Å². The summed E-state index contributed by atoms with van der Waals surface area (Å²) >= 11 is 9.57. The van der Waals surface area contributed by atoms with Crippen molar-refractivity contribution in [3.05, 3.63) is 56.7 Å². The quantitative estimate of drug-likeness (QED) is 0.706. The van der Waals surface area contributed by atoms with Gasteiger partial charge in [0.25, 0.3) is 0 Å². The lowest BCUT2D eigenvalue weighted by Crippen LogP contribution is -2.03. The summed E-state index contributed by atoms with van der Waals surface area (Å²) in [6, 6.07) is 8.17. The van der Waals surface area contributed by atoms with Gasteiger partial charge >= 0.3 is 0 Å². The molecule has 2 heterocycles. The van der Waals surface area contributed by atoms with Gasteiger partial charge in [-0.15, -0.1) is 10.2 Å². The van der Waals surface area contributed by atoms with Crippen LogP contribution < -0.4 is 0 Å². The molecule has 0 amide bonds. The minimum Gasteiger partial charge on any atom is -0.279 e. The smallest absolute Gasteiger partial charge is 0.198 e. The van der Waals surface area contributed by atoms with Crippen molar-refractivity contribution in [1.29, 1.82) is 0 Å². The second-order valence-electron chi connectivity index (χ2n) is 4.65. The molecule has 4 nitrogen and oxygen atoms in total. The largest absolute Gasteiger partial charge is 0.279 e. The number of benzene rings is 1. The van der Waals surface area contributed by atoms with Crippen LogP contribution in [0, 0.1) is 13.8 Å². The Kier molecular flexibility index (Phi) is 3.48. The van der Waals surface area contributed by atoms with Crippen LogP contribution >= 0.6 is 27.5 Å². The summed E-state index contributed by atoms with van der Waals surface area (Å²) in [5.74, 6) is 0.868. The van der Waals surface area contributed by atoms with Crippen LogP contribution in [0.25, 0.3) is 5.65 Å². The van der Waals surface area contributed by atoms with Crippen molar-refractivity contribution in [3.63, 3.8) is 0 Å². The van der Waals surface area contributed by atoms with E-state index in [4.69, 9.17) is 11.6 Å². The molecule has 0 bridgehead atoms. The van der Waals surface area contributed by atoms with Crippen LogP contribution in [0.1, 0.15) is 22.8 Å². The summed E-state index contributed by atoms with van der Waals surface area (Å²) in [4.78, 5) is 4.27. The second-order valence-corrected chi connectivity index (χ2v) is 5.93. The number of hydrogen-bond acceptors (Lipinski definition) is 3. The highest BCUT2D eigenvalue weighted by molar-refractivity contribution is 9.10. The maximum atomic E-state index is 6.13. The zero-order valence-electron chi connectivity index (χ0n) is 11.1. The van der Waals surface area contributed by atoms with E-state index >= 15 is 0 Å². The topological polar surface area (TPSA) is 43.1 Å². The molecular weight excluding hydrogens is 340 g/mol. The van der Waals surface area contributed by atoms with Gasteiger partial charge in [-0.1, -0.05) is 39.7 Å². The van der Waals surface area contributed by atoms with E-state index in [1.54, 1.807) is 0 Å². The van der Waals surface area contributed by atoms with Gasteiger partial charge < -0.3 is 0 Å². The third-order valence-corrected chi connectivity index (χ3v) is 4.10. The minimum absolute atomic E-state index is 0.391. The molecule has 0 atom stereocenters. The van der Waals surface area contributed by atoms with E-state index in [1.807, 2.05) is 30.4 Å². The molecule has 0 N–H and O–H groups in total. The number of hydrogen-bond donors (Lipinski definition) is 0. The standard InChI is InChI=1S/C14H12BrClN4/c1-8-9(2)20-12(18-19-14(20)13(16)17-8)7-10-3-5-11(15)6-4-10/h3-6H,7H2,1-2H3. The number of aromatic nitrogens is 4. The molecule has 0 aliphatic carbocycles. The molecule has 0 saturated heterocycles. The van der Waals surface area contributed by atoms with Crippen molar-refractivity contribution < 1.29 is 0 Å². The van der Waals surface area contributed by atoms with Crippen LogP contribution in [0.3, 0.4) is 0 Å². The SMILES string of the molecule is Cc1nc(Cl)c2nnc(Cc3ccc(Br)cc3)n2c1C. The van der Waals surface area contributed by atoms with E-state index in [0.29, 0.717) is 17.2 Å². The lowest BCUT2D eigenvalue weighted by Gasteiger charge is -2.07. The normalized spacial score (nSPS) is 11.2. The molecule has 0 fully saturated rings. The van der Waals surface area contributed by atoms with E-state index in [-0.39, 0.29) is 0 Å². The summed E-state index contributed by atoms with van der Waals surface area (Å²) in [5.41, 5.74) is 3.69. The number of fused-ring (bicyclic) bond motifs is 1. The Balaban J connectivity index is 2.10. The fraction of sp³-hybridized carbons (Fsp3) is 0.214. The van der Waals surface area contributed by atoms with Crippen LogP contribution in [0.4, 0.5) is 0 Å². The Morgan fingerprint density at radius 2 is 1.85 bits per heavy atom. The van der Waals surface area contributed by atoms with Crippen molar-refractivity contribution >= 4 is 33.2 Å². The predicted octanol–water partition coefficient (Wildman–Crippen LogP) is 3.75. The molecule has 0 radical (unpaired) electrons. The molecule has 3 rings (SSSR count). The fourth-order valence-corrected chi connectivity index (χ4v) is 2.66. The van der Waals surface area contributed by atoms with E-state index in [9.17, 15) is 0 Å². The first-order chi connectivity index (χ1) is 9.56. The fourth-order valence-electron chi connectivity index (χ4n) is 2.14. The number of rotatable bonds is 2. The third-order valence-electron chi connectivity index (χ3n) is 3.31. The maximum absolute atomic E-state index is 6.13.